The second kappa shape index (κ2) is 6.23. The maximum atomic E-state index is 11.6. The number of nitrogens with two attached hydrogens (primary N) is 1. The second-order valence-corrected chi connectivity index (χ2v) is 5.33. The molecule has 0 aliphatic carbocycles. The molecule has 7 nitrogen and oxygen atoms in total. The van der Waals surface area contributed by atoms with Gasteiger partial charge in [0.1, 0.15) is 6.04 Å². The Morgan fingerprint density at radius 3 is 2.06 bits per heavy atom. The highest BCUT2D eigenvalue weighted by Crippen LogP contribution is 2.19. The Morgan fingerprint density at radius 1 is 1.22 bits per heavy atom. The number of carbonyl (C=O) groups excluding carboxylic acids is 2. The van der Waals surface area contributed by atoms with Crippen molar-refractivity contribution in [3.63, 3.8) is 0 Å². The van der Waals surface area contributed by atoms with Crippen LogP contribution in [0.3, 0.4) is 0 Å². The molecule has 0 spiro atoms. The molecule has 5 N–H and O–H groups in total. The highest BCUT2D eigenvalue weighted by atomic mass is 16.4. The molecule has 18 heavy (non-hydrogen) atoms. The second-order valence-electron chi connectivity index (χ2n) is 5.33. The van der Waals surface area contributed by atoms with Crippen molar-refractivity contribution >= 4 is 17.9 Å². The van der Waals surface area contributed by atoms with E-state index in [2.05, 4.69) is 10.6 Å². The first kappa shape index (κ1) is 16.2. The molecule has 0 aromatic carbocycles. The summed E-state index contributed by atoms with van der Waals surface area (Å²) in [4.78, 5) is 33.2. The molecule has 0 bridgehead atoms. The van der Waals surface area contributed by atoms with E-state index in [4.69, 9.17) is 10.8 Å². The van der Waals surface area contributed by atoms with Crippen molar-refractivity contribution < 1.29 is 19.5 Å². The molecule has 104 valence electrons. The number of carboxylic acids is 1. The maximum absolute atomic E-state index is 11.6. The smallest absolute Gasteiger partial charge is 0.326 e. The topological polar surface area (TPSA) is 122 Å². The van der Waals surface area contributed by atoms with Crippen molar-refractivity contribution in [2.45, 2.75) is 46.2 Å². The average molecular weight is 259 g/mol. The van der Waals surface area contributed by atoms with E-state index in [1.165, 1.54) is 0 Å². The van der Waals surface area contributed by atoms with E-state index in [-0.39, 0.29) is 6.42 Å². The molecule has 2 unspecified atom stereocenters. The highest BCUT2D eigenvalue weighted by Gasteiger charge is 2.32. The zero-order valence-corrected chi connectivity index (χ0v) is 11.1. The summed E-state index contributed by atoms with van der Waals surface area (Å²) in [6, 6.07) is -2.10. The highest BCUT2D eigenvalue weighted by molar-refractivity contribution is 5.83. The predicted molar refractivity (Wildman–Crippen MR) is 65.8 cm³/mol. The van der Waals surface area contributed by atoms with Crippen LogP contribution in [-0.2, 0) is 9.59 Å². The van der Waals surface area contributed by atoms with Crippen molar-refractivity contribution in [2.75, 3.05) is 0 Å². The monoisotopic (exact) mass is 259 g/mol. The molecule has 0 radical (unpaired) electrons. The van der Waals surface area contributed by atoms with Crippen LogP contribution in [0.1, 0.15) is 34.1 Å². The third kappa shape index (κ3) is 6.07. The first-order valence-corrected chi connectivity index (χ1v) is 5.62. The molecule has 0 saturated heterocycles. The molecular formula is C11H21N3O4. The number of carboxylic acid groups (broad SMARTS) is 1. The van der Waals surface area contributed by atoms with Crippen LogP contribution in [0, 0.1) is 5.41 Å². The fourth-order valence-electron chi connectivity index (χ4n) is 1.40. The standard InChI is InChI=1S/C11H21N3O4/c1-6(5-7(12)15)13-10(18)14-8(9(16)17)11(2,3)4/h6,8H,5H2,1-4H3,(H2,12,15)(H,16,17)(H2,13,14,18). The lowest BCUT2D eigenvalue weighted by molar-refractivity contribution is -0.142. The summed E-state index contributed by atoms with van der Waals surface area (Å²) in [6.45, 7) is 6.73. The lowest BCUT2D eigenvalue weighted by Crippen LogP contribution is -2.53. The van der Waals surface area contributed by atoms with Gasteiger partial charge in [0.15, 0.2) is 0 Å². The molecule has 0 rings (SSSR count). The lowest BCUT2D eigenvalue weighted by atomic mass is 9.87. The van der Waals surface area contributed by atoms with E-state index in [1.807, 2.05) is 0 Å². The van der Waals surface area contributed by atoms with Gasteiger partial charge in [-0.15, -0.1) is 0 Å². The van der Waals surface area contributed by atoms with Gasteiger partial charge in [0.2, 0.25) is 5.91 Å². The lowest BCUT2D eigenvalue weighted by Gasteiger charge is -2.28. The molecular weight excluding hydrogens is 238 g/mol. The maximum Gasteiger partial charge on any atom is 0.326 e. The Balaban J connectivity index is 4.45. The minimum absolute atomic E-state index is 0.000671. The van der Waals surface area contributed by atoms with E-state index in [0.29, 0.717) is 0 Å². The van der Waals surface area contributed by atoms with Crippen LogP contribution < -0.4 is 16.4 Å². The van der Waals surface area contributed by atoms with Crippen molar-refractivity contribution in [2.24, 2.45) is 11.1 Å². The summed E-state index contributed by atoms with van der Waals surface area (Å²) in [5.74, 6) is -1.64. The number of nitrogens with one attached hydrogen (secondary N) is 2. The third-order valence-corrected chi connectivity index (χ3v) is 2.27. The molecule has 0 aliphatic rings. The van der Waals surface area contributed by atoms with Crippen molar-refractivity contribution in [1.82, 2.24) is 10.6 Å². The fraction of sp³-hybridized carbons (Fsp3) is 0.727. The number of hydrogen-bond acceptors (Lipinski definition) is 3. The van der Waals surface area contributed by atoms with Crippen LogP contribution in [0.4, 0.5) is 4.79 Å². The summed E-state index contributed by atoms with van der Waals surface area (Å²) in [5, 5.41) is 13.8. The molecule has 0 aromatic rings. The summed E-state index contributed by atoms with van der Waals surface area (Å²) in [5.41, 5.74) is 4.37. The number of primary amides is 1. The minimum Gasteiger partial charge on any atom is -0.480 e. The molecule has 0 saturated carbocycles. The molecule has 7 heteroatoms. The number of carbonyl (C=O) groups is 3. The summed E-state index contributed by atoms with van der Waals surface area (Å²) in [7, 11) is 0. The summed E-state index contributed by atoms with van der Waals surface area (Å²) in [6.07, 6.45) is 0.000671. The molecule has 3 amide bonds. The van der Waals surface area contributed by atoms with E-state index < -0.39 is 35.4 Å². The number of rotatable bonds is 5. The van der Waals surface area contributed by atoms with Gasteiger partial charge in [0, 0.05) is 12.5 Å². The SMILES string of the molecule is CC(CC(N)=O)NC(=O)NC(C(=O)O)C(C)(C)C. The van der Waals surface area contributed by atoms with Gasteiger partial charge < -0.3 is 21.5 Å². The summed E-state index contributed by atoms with van der Waals surface area (Å²) >= 11 is 0. The predicted octanol–water partition coefficient (Wildman–Crippen LogP) is 0.0488. The van der Waals surface area contributed by atoms with E-state index in [9.17, 15) is 14.4 Å². The normalized spacial score (nSPS) is 14.4. The first-order chi connectivity index (χ1) is 8.04. The van der Waals surface area contributed by atoms with Crippen LogP contribution in [0.15, 0.2) is 0 Å². The van der Waals surface area contributed by atoms with Crippen LogP contribution >= 0.6 is 0 Å². The first-order valence-electron chi connectivity index (χ1n) is 5.62. The third-order valence-electron chi connectivity index (χ3n) is 2.27. The van der Waals surface area contributed by atoms with Gasteiger partial charge in [-0.25, -0.2) is 9.59 Å². The minimum atomic E-state index is -1.11. The zero-order valence-electron chi connectivity index (χ0n) is 11.1. The van der Waals surface area contributed by atoms with Gasteiger partial charge in [-0.1, -0.05) is 20.8 Å². The zero-order chi connectivity index (χ0) is 14.5. The van der Waals surface area contributed by atoms with Crippen LogP contribution in [0.2, 0.25) is 0 Å². The van der Waals surface area contributed by atoms with Crippen LogP contribution in [0.5, 0.6) is 0 Å². The van der Waals surface area contributed by atoms with Crippen LogP contribution in [0.25, 0.3) is 0 Å². The Bertz CT molecular complexity index is 336. The number of aliphatic carboxylic acids is 1. The Labute approximate surface area is 106 Å². The van der Waals surface area contributed by atoms with E-state index in [0.717, 1.165) is 0 Å². The van der Waals surface area contributed by atoms with Gasteiger partial charge in [-0.05, 0) is 12.3 Å². The van der Waals surface area contributed by atoms with Crippen molar-refractivity contribution in [1.29, 1.82) is 0 Å². The van der Waals surface area contributed by atoms with Gasteiger partial charge >= 0.3 is 12.0 Å². The van der Waals surface area contributed by atoms with Gasteiger partial charge in [-0.3, -0.25) is 4.79 Å². The average Bonchev–Trinajstić information content (AvgIpc) is 2.09. The number of urea groups is 1. The molecule has 0 heterocycles. The fourth-order valence-corrected chi connectivity index (χ4v) is 1.40. The molecule has 0 fully saturated rings. The van der Waals surface area contributed by atoms with Gasteiger partial charge in [-0.2, -0.15) is 0 Å². The molecule has 2 atom stereocenters. The van der Waals surface area contributed by atoms with Gasteiger partial charge in [0.25, 0.3) is 0 Å². The largest absolute Gasteiger partial charge is 0.480 e. The van der Waals surface area contributed by atoms with Crippen molar-refractivity contribution in [3.05, 3.63) is 0 Å². The van der Waals surface area contributed by atoms with E-state index >= 15 is 0 Å². The molecule has 0 aliphatic heterocycles. The van der Waals surface area contributed by atoms with Crippen molar-refractivity contribution in [3.8, 4) is 0 Å². The quantitative estimate of drug-likeness (QED) is 0.557. The van der Waals surface area contributed by atoms with E-state index in [1.54, 1.807) is 27.7 Å². The summed E-state index contributed by atoms with van der Waals surface area (Å²) < 4.78 is 0. The Kier molecular flexibility index (Phi) is 5.61. The number of hydrogen-bond donors (Lipinski definition) is 4. The Hall–Kier alpha value is -1.79. The number of amides is 3. The Morgan fingerprint density at radius 2 is 1.72 bits per heavy atom. The van der Waals surface area contributed by atoms with Crippen LogP contribution in [-0.4, -0.2) is 35.1 Å². The molecule has 0 aromatic heterocycles. The van der Waals surface area contributed by atoms with Gasteiger partial charge in [0.05, 0.1) is 0 Å².